The Morgan fingerprint density at radius 1 is 1.21 bits per heavy atom. The van der Waals surface area contributed by atoms with E-state index in [2.05, 4.69) is 0 Å². The second-order valence-corrected chi connectivity index (χ2v) is 10.1. The van der Waals surface area contributed by atoms with E-state index < -0.39 is 25.9 Å². The molecule has 130 valence electrons. The lowest BCUT2D eigenvalue weighted by Gasteiger charge is -2.27. The molecule has 0 saturated carbocycles. The summed E-state index contributed by atoms with van der Waals surface area (Å²) in [6.45, 7) is -0.0409. The Morgan fingerprint density at radius 3 is 2.54 bits per heavy atom. The molecule has 2 aromatic rings. The maximum absolute atomic E-state index is 13.1. The normalized spacial score (nSPS) is 20.5. The summed E-state index contributed by atoms with van der Waals surface area (Å²) in [5, 5.41) is 0.0998. The lowest BCUT2D eigenvalue weighted by Crippen LogP contribution is -2.40. The number of sulfone groups is 1. The molecule has 1 aromatic heterocycles. The van der Waals surface area contributed by atoms with Gasteiger partial charge in [0.05, 0.1) is 29.3 Å². The number of hydrogen-bond donors (Lipinski definition) is 0. The molecule has 0 radical (unpaired) electrons. The number of nitrogens with zero attached hydrogens (tertiary/aromatic N) is 1. The maximum Gasteiger partial charge on any atom is 0.245 e. The first kappa shape index (κ1) is 17.5. The third-order valence-electron chi connectivity index (χ3n) is 3.93. The second-order valence-electron chi connectivity index (χ2n) is 5.62. The molecule has 3 rings (SSSR count). The lowest BCUT2D eigenvalue weighted by molar-refractivity contribution is 0.307. The van der Waals surface area contributed by atoms with Crippen LogP contribution in [0.1, 0.15) is 12.2 Å². The SMILES string of the molecule is O=S1(=O)CC[C@H](N(Cc2ccco2)S(=O)(=O)c2ccccc2Cl)C1. The van der Waals surface area contributed by atoms with Crippen molar-refractivity contribution >= 4 is 31.5 Å². The topological polar surface area (TPSA) is 84.7 Å². The fraction of sp³-hybridized carbons (Fsp3) is 0.333. The summed E-state index contributed by atoms with van der Waals surface area (Å²) in [5.74, 6) is 0.219. The minimum Gasteiger partial charge on any atom is -0.468 e. The lowest BCUT2D eigenvalue weighted by atomic mass is 10.2. The van der Waals surface area contributed by atoms with E-state index in [1.165, 1.54) is 22.7 Å². The molecule has 0 bridgehead atoms. The molecule has 1 fully saturated rings. The molecule has 2 heterocycles. The van der Waals surface area contributed by atoms with Crippen LogP contribution in [-0.4, -0.2) is 38.7 Å². The van der Waals surface area contributed by atoms with Crippen molar-refractivity contribution in [1.29, 1.82) is 0 Å². The van der Waals surface area contributed by atoms with Crippen molar-refractivity contribution in [3.05, 3.63) is 53.4 Å². The highest BCUT2D eigenvalue weighted by atomic mass is 35.5. The number of furan rings is 1. The summed E-state index contributed by atoms with van der Waals surface area (Å²) in [7, 11) is -7.21. The van der Waals surface area contributed by atoms with Gasteiger partial charge in [0.15, 0.2) is 9.84 Å². The largest absolute Gasteiger partial charge is 0.468 e. The number of halogens is 1. The average Bonchev–Trinajstić information content (AvgIpc) is 3.14. The Labute approximate surface area is 146 Å². The van der Waals surface area contributed by atoms with Crippen LogP contribution in [0.25, 0.3) is 0 Å². The number of rotatable bonds is 5. The quantitative estimate of drug-likeness (QED) is 0.783. The molecule has 24 heavy (non-hydrogen) atoms. The van der Waals surface area contributed by atoms with E-state index in [1.54, 1.807) is 24.3 Å². The van der Waals surface area contributed by atoms with Crippen LogP contribution in [-0.2, 0) is 26.4 Å². The van der Waals surface area contributed by atoms with Gasteiger partial charge in [0.1, 0.15) is 10.7 Å². The third-order valence-corrected chi connectivity index (χ3v) is 8.08. The van der Waals surface area contributed by atoms with Gasteiger partial charge in [-0.15, -0.1) is 0 Å². The van der Waals surface area contributed by atoms with Crippen molar-refractivity contribution in [2.75, 3.05) is 11.5 Å². The predicted molar refractivity (Wildman–Crippen MR) is 89.9 cm³/mol. The van der Waals surface area contributed by atoms with Gasteiger partial charge in [0.2, 0.25) is 10.0 Å². The van der Waals surface area contributed by atoms with Crippen molar-refractivity contribution in [2.24, 2.45) is 0 Å². The predicted octanol–water partition coefficient (Wildman–Crippen LogP) is 2.31. The Balaban J connectivity index is 2.02. The van der Waals surface area contributed by atoms with Crippen molar-refractivity contribution in [2.45, 2.75) is 23.9 Å². The average molecular weight is 390 g/mol. The van der Waals surface area contributed by atoms with E-state index in [4.69, 9.17) is 16.0 Å². The summed E-state index contributed by atoms with van der Waals surface area (Å²) >= 11 is 6.05. The zero-order chi connectivity index (χ0) is 17.4. The monoisotopic (exact) mass is 389 g/mol. The van der Waals surface area contributed by atoms with Gasteiger partial charge in [0.25, 0.3) is 0 Å². The van der Waals surface area contributed by atoms with Gasteiger partial charge in [-0.05, 0) is 30.7 Å². The highest BCUT2D eigenvalue weighted by Gasteiger charge is 2.39. The summed E-state index contributed by atoms with van der Waals surface area (Å²) < 4.78 is 56.2. The smallest absolute Gasteiger partial charge is 0.245 e. The molecule has 1 aliphatic rings. The maximum atomic E-state index is 13.1. The molecular formula is C15H16ClNO5S2. The van der Waals surface area contributed by atoms with Crippen molar-refractivity contribution in [1.82, 2.24) is 4.31 Å². The summed E-state index contributed by atoms with van der Waals surface area (Å²) in [6.07, 6.45) is 1.70. The highest BCUT2D eigenvalue weighted by molar-refractivity contribution is 7.92. The molecule has 0 spiro atoms. The van der Waals surface area contributed by atoms with Crippen LogP contribution in [0.15, 0.2) is 52.0 Å². The molecular weight excluding hydrogens is 374 g/mol. The number of hydrogen-bond acceptors (Lipinski definition) is 5. The Kier molecular flexibility index (Phi) is 4.74. The van der Waals surface area contributed by atoms with E-state index in [0.717, 1.165) is 0 Å². The van der Waals surface area contributed by atoms with Gasteiger partial charge >= 0.3 is 0 Å². The molecule has 0 N–H and O–H groups in total. The van der Waals surface area contributed by atoms with E-state index >= 15 is 0 Å². The molecule has 0 aliphatic carbocycles. The van der Waals surface area contributed by atoms with Gasteiger partial charge < -0.3 is 4.42 Å². The van der Waals surface area contributed by atoms with Gasteiger partial charge in [-0.25, -0.2) is 16.8 Å². The number of sulfonamides is 1. The molecule has 1 aliphatic heterocycles. The van der Waals surface area contributed by atoms with Gasteiger partial charge in [0, 0.05) is 6.04 Å². The Morgan fingerprint density at radius 2 is 1.96 bits per heavy atom. The van der Waals surface area contributed by atoms with Crippen LogP contribution >= 0.6 is 11.6 Å². The van der Waals surface area contributed by atoms with Crippen LogP contribution in [0, 0.1) is 0 Å². The third kappa shape index (κ3) is 3.51. The van der Waals surface area contributed by atoms with Gasteiger partial charge in [-0.3, -0.25) is 0 Å². The Bertz CT molecular complexity index is 923. The van der Waals surface area contributed by atoms with Gasteiger partial charge in [-0.2, -0.15) is 4.31 Å². The van der Waals surface area contributed by atoms with Crippen LogP contribution in [0.5, 0.6) is 0 Å². The first-order chi connectivity index (χ1) is 11.3. The molecule has 1 saturated heterocycles. The standard InChI is InChI=1S/C15H16ClNO5S2/c16-14-5-1-2-6-15(14)24(20,21)17(10-13-4-3-8-22-13)12-7-9-23(18,19)11-12/h1-6,8,12H,7,9-11H2/t12-/m0/s1. The summed E-state index contributed by atoms with van der Waals surface area (Å²) in [5.41, 5.74) is 0. The van der Waals surface area contributed by atoms with Crippen LogP contribution in [0.4, 0.5) is 0 Å². The Hall–Kier alpha value is -1.35. The second kappa shape index (κ2) is 6.51. The highest BCUT2D eigenvalue weighted by Crippen LogP contribution is 2.30. The molecule has 0 unspecified atom stereocenters. The van der Waals surface area contributed by atoms with Crippen molar-refractivity contribution in [3.8, 4) is 0 Å². The minimum atomic E-state index is -3.96. The van der Waals surface area contributed by atoms with E-state index in [-0.39, 0.29) is 34.4 Å². The summed E-state index contributed by atoms with van der Waals surface area (Å²) in [6, 6.07) is 8.79. The zero-order valence-electron chi connectivity index (χ0n) is 12.6. The van der Waals surface area contributed by atoms with Crippen LogP contribution < -0.4 is 0 Å². The first-order valence-electron chi connectivity index (χ1n) is 7.29. The van der Waals surface area contributed by atoms with E-state index in [1.807, 2.05) is 0 Å². The summed E-state index contributed by atoms with van der Waals surface area (Å²) in [4.78, 5) is -0.0393. The fourth-order valence-electron chi connectivity index (χ4n) is 2.75. The molecule has 1 atom stereocenters. The minimum absolute atomic E-state index is 0.0234. The molecule has 6 nitrogen and oxygen atoms in total. The molecule has 1 aromatic carbocycles. The van der Waals surface area contributed by atoms with Crippen LogP contribution in [0.3, 0.4) is 0 Å². The van der Waals surface area contributed by atoms with Gasteiger partial charge in [-0.1, -0.05) is 23.7 Å². The first-order valence-corrected chi connectivity index (χ1v) is 10.9. The van der Waals surface area contributed by atoms with Crippen molar-refractivity contribution < 1.29 is 21.3 Å². The van der Waals surface area contributed by atoms with E-state index in [0.29, 0.717) is 5.76 Å². The molecule has 9 heteroatoms. The van der Waals surface area contributed by atoms with Crippen molar-refractivity contribution in [3.63, 3.8) is 0 Å². The van der Waals surface area contributed by atoms with Crippen LogP contribution in [0.2, 0.25) is 5.02 Å². The fourth-order valence-corrected chi connectivity index (χ4v) is 6.69. The zero-order valence-corrected chi connectivity index (χ0v) is 15.0. The molecule has 0 amide bonds. The van der Waals surface area contributed by atoms with E-state index in [9.17, 15) is 16.8 Å². The number of benzene rings is 1.